The molecule has 0 aromatic carbocycles. The first-order valence-electron chi connectivity index (χ1n) is 3.96. The first-order chi connectivity index (χ1) is 4.81. The van der Waals surface area contributed by atoms with Crippen molar-refractivity contribution < 1.29 is 4.79 Å². The molecule has 0 N–H and O–H groups in total. The standard InChI is InChI=1S/C9H12O/c1-2-7-3-6-4-8(7)9(10)5-6/h2,6-8H,1,3-5H2. The third-order valence-electron chi connectivity index (χ3n) is 2.92. The Hall–Kier alpha value is -0.590. The molecule has 3 unspecified atom stereocenters. The number of Topliss-reactive ketones (excluding diaryl/α,β-unsaturated/α-hetero) is 1. The van der Waals surface area contributed by atoms with Crippen molar-refractivity contribution in [2.45, 2.75) is 19.3 Å². The Morgan fingerprint density at radius 2 is 2.30 bits per heavy atom. The number of fused-ring (bicyclic) bond motifs is 2. The summed E-state index contributed by atoms with van der Waals surface area (Å²) in [6.07, 6.45) is 5.19. The predicted molar refractivity (Wildman–Crippen MR) is 39.5 cm³/mol. The molecule has 10 heavy (non-hydrogen) atoms. The second kappa shape index (κ2) is 1.94. The lowest BCUT2D eigenvalue weighted by molar-refractivity contribution is -0.122. The topological polar surface area (TPSA) is 17.1 Å². The minimum atomic E-state index is 0.363. The summed E-state index contributed by atoms with van der Waals surface area (Å²) in [6, 6.07) is 0. The molecular weight excluding hydrogens is 124 g/mol. The van der Waals surface area contributed by atoms with Crippen LogP contribution in [0.5, 0.6) is 0 Å². The van der Waals surface area contributed by atoms with Crippen molar-refractivity contribution in [3.05, 3.63) is 12.7 Å². The van der Waals surface area contributed by atoms with Crippen molar-refractivity contribution in [1.29, 1.82) is 0 Å². The molecular formula is C9H12O. The van der Waals surface area contributed by atoms with Gasteiger partial charge in [0.15, 0.2) is 0 Å². The molecule has 2 fully saturated rings. The second-order valence-corrected chi connectivity index (χ2v) is 3.51. The van der Waals surface area contributed by atoms with Gasteiger partial charge in [-0.1, -0.05) is 6.08 Å². The summed E-state index contributed by atoms with van der Waals surface area (Å²) in [5.41, 5.74) is 0. The summed E-state index contributed by atoms with van der Waals surface area (Å²) in [7, 11) is 0. The lowest BCUT2D eigenvalue weighted by Gasteiger charge is -2.15. The summed E-state index contributed by atoms with van der Waals surface area (Å²) >= 11 is 0. The van der Waals surface area contributed by atoms with E-state index in [1.54, 1.807) is 0 Å². The van der Waals surface area contributed by atoms with Crippen LogP contribution in [0.1, 0.15) is 19.3 Å². The molecule has 0 saturated heterocycles. The summed E-state index contributed by atoms with van der Waals surface area (Å²) in [6.45, 7) is 3.74. The number of carbonyl (C=O) groups excluding carboxylic acids is 1. The first-order valence-corrected chi connectivity index (χ1v) is 3.96. The third-order valence-corrected chi connectivity index (χ3v) is 2.92. The van der Waals surface area contributed by atoms with E-state index < -0.39 is 0 Å². The highest BCUT2D eigenvalue weighted by molar-refractivity contribution is 5.84. The molecule has 0 amide bonds. The van der Waals surface area contributed by atoms with Gasteiger partial charge in [-0.2, -0.15) is 0 Å². The monoisotopic (exact) mass is 136 g/mol. The normalized spacial score (nSPS) is 44.4. The van der Waals surface area contributed by atoms with Gasteiger partial charge in [-0.25, -0.2) is 0 Å². The molecule has 0 aromatic heterocycles. The van der Waals surface area contributed by atoms with Crippen LogP contribution in [0, 0.1) is 17.8 Å². The Morgan fingerprint density at radius 3 is 2.70 bits per heavy atom. The van der Waals surface area contributed by atoms with E-state index in [1.807, 2.05) is 6.08 Å². The lowest BCUT2D eigenvalue weighted by atomic mass is 9.88. The molecule has 2 saturated carbocycles. The van der Waals surface area contributed by atoms with Gasteiger partial charge < -0.3 is 0 Å². The number of ketones is 1. The van der Waals surface area contributed by atoms with Gasteiger partial charge in [0.25, 0.3) is 0 Å². The minimum absolute atomic E-state index is 0.363. The van der Waals surface area contributed by atoms with Crippen LogP contribution in [-0.2, 0) is 4.79 Å². The molecule has 2 rings (SSSR count). The molecule has 0 heterocycles. The van der Waals surface area contributed by atoms with Crippen molar-refractivity contribution in [1.82, 2.24) is 0 Å². The zero-order valence-electron chi connectivity index (χ0n) is 6.05. The van der Waals surface area contributed by atoms with Gasteiger partial charge in [0.1, 0.15) is 5.78 Å². The molecule has 0 aromatic rings. The third kappa shape index (κ3) is 0.664. The maximum Gasteiger partial charge on any atom is 0.136 e. The average Bonchev–Trinajstić information content (AvgIpc) is 2.44. The Morgan fingerprint density at radius 1 is 1.50 bits per heavy atom. The van der Waals surface area contributed by atoms with E-state index in [0.29, 0.717) is 23.5 Å². The fourth-order valence-corrected chi connectivity index (χ4v) is 2.41. The van der Waals surface area contributed by atoms with E-state index >= 15 is 0 Å². The van der Waals surface area contributed by atoms with E-state index in [9.17, 15) is 4.79 Å². The highest BCUT2D eigenvalue weighted by atomic mass is 16.1. The van der Waals surface area contributed by atoms with Crippen LogP contribution in [0.3, 0.4) is 0 Å². The maximum absolute atomic E-state index is 11.2. The largest absolute Gasteiger partial charge is 0.299 e. The Balaban J connectivity index is 2.19. The zero-order valence-corrected chi connectivity index (χ0v) is 6.05. The van der Waals surface area contributed by atoms with Gasteiger partial charge in [0, 0.05) is 12.3 Å². The highest BCUT2D eigenvalue weighted by Crippen LogP contribution is 2.46. The van der Waals surface area contributed by atoms with Crippen LogP contribution >= 0.6 is 0 Å². The summed E-state index contributed by atoms with van der Waals surface area (Å²) in [5.74, 6) is 2.08. The smallest absolute Gasteiger partial charge is 0.136 e. The summed E-state index contributed by atoms with van der Waals surface area (Å²) < 4.78 is 0. The van der Waals surface area contributed by atoms with Crippen LogP contribution in [0.15, 0.2) is 12.7 Å². The van der Waals surface area contributed by atoms with Gasteiger partial charge >= 0.3 is 0 Å². The first kappa shape index (κ1) is 6.14. The van der Waals surface area contributed by atoms with Gasteiger partial charge in [0.2, 0.25) is 0 Å². The number of rotatable bonds is 1. The fourth-order valence-electron chi connectivity index (χ4n) is 2.41. The summed E-state index contributed by atoms with van der Waals surface area (Å²) in [4.78, 5) is 11.2. The van der Waals surface area contributed by atoms with E-state index in [1.165, 1.54) is 6.42 Å². The second-order valence-electron chi connectivity index (χ2n) is 3.51. The summed E-state index contributed by atoms with van der Waals surface area (Å²) in [5, 5.41) is 0. The van der Waals surface area contributed by atoms with E-state index in [4.69, 9.17) is 0 Å². The molecule has 1 nitrogen and oxygen atoms in total. The molecule has 1 heteroatoms. The Bertz CT molecular complexity index is 181. The molecule has 0 aliphatic heterocycles. The molecule has 54 valence electrons. The van der Waals surface area contributed by atoms with Crippen LogP contribution < -0.4 is 0 Å². The van der Waals surface area contributed by atoms with Gasteiger partial charge in [-0.15, -0.1) is 6.58 Å². The molecule has 0 radical (unpaired) electrons. The van der Waals surface area contributed by atoms with Crippen molar-refractivity contribution in [2.75, 3.05) is 0 Å². The van der Waals surface area contributed by atoms with E-state index in [-0.39, 0.29) is 0 Å². The number of allylic oxidation sites excluding steroid dienone is 1. The van der Waals surface area contributed by atoms with Crippen LogP contribution in [0.2, 0.25) is 0 Å². The van der Waals surface area contributed by atoms with Crippen molar-refractivity contribution in [3.8, 4) is 0 Å². The van der Waals surface area contributed by atoms with Crippen LogP contribution in [0.4, 0.5) is 0 Å². The predicted octanol–water partition coefficient (Wildman–Crippen LogP) is 1.79. The fraction of sp³-hybridized carbons (Fsp3) is 0.667. The molecule has 0 spiro atoms. The maximum atomic E-state index is 11.2. The van der Waals surface area contributed by atoms with Gasteiger partial charge in [0.05, 0.1) is 0 Å². The lowest BCUT2D eigenvalue weighted by Crippen LogP contribution is -2.17. The SMILES string of the molecule is C=CC1CC2CC(=O)C1C2. The van der Waals surface area contributed by atoms with E-state index in [2.05, 4.69) is 6.58 Å². The zero-order chi connectivity index (χ0) is 7.14. The van der Waals surface area contributed by atoms with Crippen LogP contribution in [0.25, 0.3) is 0 Å². The molecule has 2 aliphatic carbocycles. The Labute approximate surface area is 61.1 Å². The minimum Gasteiger partial charge on any atom is -0.299 e. The Kier molecular flexibility index (Phi) is 1.19. The number of carbonyl (C=O) groups is 1. The molecule has 3 atom stereocenters. The molecule has 2 aliphatic rings. The molecule has 2 bridgehead atoms. The number of hydrogen-bond donors (Lipinski definition) is 0. The quantitative estimate of drug-likeness (QED) is 0.502. The van der Waals surface area contributed by atoms with Gasteiger partial charge in [-0.3, -0.25) is 4.79 Å². The average molecular weight is 136 g/mol. The van der Waals surface area contributed by atoms with Gasteiger partial charge in [-0.05, 0) is 24.7 Å². The van der Waals surface area contributed by atoms with E-state index in [0.717, 1.165) is 12.8 Å². The number of hydrogen-bond acceptors (Lipinski definition) is 1. The van der Waals surface area contributed by atoms with Crippen LogP contribution in [-0.4, -0.2) is 5.78 Å². The van der Waals surface area contributed by atoms with Crippen molar-refractivity contribution in [3.63, 3.8) is 0 Å². The highest BCUT2D eigenvalue weighted by Gasteiger charge is 2.43. The van der Waals surface area contributed by atoms with Crippen molar-refractivity contribution in [2.24, 2.45) is 17.8 Å². The van der Waals surface area contributed by atoms with Crippen molar-refractivity contribution >= 4 is 5.78 Å².